The molecule has 0 aliphatic heterocycles. The van der Waals surface area contributed by atoms with E-state index in [1.165, 1.54) is 20.3 Å². The van der Waals surface area contributed by atoms with Crippen molar-refractivity contribution in [1.29, 1.82) is 0 Å². The number of methoxy groups -OCH3 is 2. The summed E-state index contributed by atoms with van der Waals surface area (Å²) in [5.74, 6) is 0.809. The first-order valence-electron chi connectivity index (χ1n) is 6.51. The van der Waals surface area contributed by atoms with Gasteiger partial charge >= 0.3 is 0 Å². The number of benzene rings is 2. The monoisotopic (exact) mass is 291 g/mol. The molecule has 2 N–H and O–H groups in total. The van der Waals surface area contributed by atoms with Crippen molar-refractivity contribution in [2.24, 2.45) is 5.73 Å². The Morgan fingerprint density at radius 3 is 2.05 bits per heavy atom. The molecule has 0 aliphatic rings. The smallest absolute Gasteiger partial charge is 0.211 e. The van der Waals surface area contributed by atoms with Gasteiger partial charge in [0, 0.05) is 11.6 Å². The highest BCUT2D eigenvalue weighted by molar-refractivity contribution is 5.54. The van der Waals surface area contributed by atoms with Crippen LogP contribution in [-0.2, 0) is 0 Å². The fourth-order valence-corrected chi connectivity index (χ4v) is 2.01. The molecule has 4 nitrogen and oxygen atoms in total. The van der Waals surface area contributed by atoms with E-state index < -0.39 is 5.82 Å². The molecule has 0 saturated carbocycles. The molecule has 2 aromatic rings. The summed E-state index contributed by atoms with van der Waals surface area (Å²) in [6.45, 7) is 1.76. The Bertz CT molecular complexity index is 607. The van der Waals surface area contributed by atoms with E-state index in [0.29, 0.717) is 22.8 Å². The van der Waals surface area contributed by atoms with Crippen molar-refractivity contribution in [3.63, 3.8) is 0 Å². The molecule has 112 valence electrons. The Morgan fingerprint density at radius 2 is 1.52 bits per heavy atom. The second-order valence-electron chi connectivity index (χ2n) is 4.54. The van der Waals surface area contributed by atoms with Gasteiger partial charge in [-0.1, -0.05) is 18.2 Å². The summed E-state index contributed by atoms with van der Waals surface area (Å²) in [5, 5.41) is 0. The van der Waals surface area contributed by atoms with E-state index >= 15 is 0 Å². The van der Waals surface area contributed by atoms with Gasteiger partial charge in [-0.25, -0.2) is 4.39 Å². The van der Waals surface area contributed by atoms with E-state index in [-0.39, 0.29) is 11.8 Å². The number of nitrogens with two attached hydrogens (primary N) is 1. The van der Waals surface area contributed by atoms with Crippen LogP contribution in [-0.4, -0.2) is 14.2 Å². The summed E-state index contributed by atoms with van der Waals surface area (Å²) in [5.41, 5.74) is 6.44. The molecule has 0 fully saturated rings. The van der Waals surface area contributed by atoms with E-state index in [2.05, 4.69) is 0 Å². The van der Waals surface area contributed by atoms with Crippen LogP contribution in [0.25, 0.3) is 0 Å². The van der Waals surface area contributed by atoms with Crippen molar-refractivity contribution < 1.29 is 18.6 Å². The molecule has 0 heterocycles. The van der Waals surface area contributed by atoms with Crippen molar-refractivity contribution in [3.8, 4) is 23.0 Å². The second-order valence-corrected chi connectivity index (χ2v) is 4.54. The Kier molecular flexibility index (Phi) is 4.65. The van der Waals surface area contributed by atoms with Gasteiger partial charge in [-0.05, 0) is 25.1 Å². The molecule has 0 bridgehead atoms. The first-order valence-corrected chi connectivity index (χ1v) is 6.51. The normalized spacial score (nSPS) is 11.9. The second kappa shape index (κ2) is 6.45. The highest BCUT2D eigenvalue weighted by Gasteiger charge is 2.18. The lowest BCUT2D eigenvalue weighted by Crippen LogP contribution is -2.08. The SMILES string of the molecule is COc1cccc(OC)c1Oc1c(F)cccc1[C@@H](C)N. The van der Waals surface area contributed by atoms with Gasteiger partial charge in [-0.2, -0.15) is 0 Å². The van der Waals surface area contributed by atoms with Gasteiger partial charge in [-0.15, -0.1) is 0 Å². The van der Waals surface area contributed by atoms with E-state index in [1.807, 2.05) is 0 Å². The molecule has 0 unspecified atom stereocenters. The van der Waals surface area contributed by atoms with Crippen LogP contribution in [0.1, 0.15) is 18.5 Å². The Morgan fingerprint density at radius 1 is 0.952 bits per heavy atom. The van der Waals surface area contributed by atoms with Gasteiger partial charge in [0.15, 0.2) is 23.1 Å². The predicted molar refractivity (Wildman–Crippen MR) is 78.6 cm³/mol. The summed E-state index contributed by atoms with van der Waals surface area (Å²) >= 11 is 0. The lowest BCUT2D eigenvalue weighted by atomic mass is 10.1. The zero-order chi connectivity index (χ0) is 15.4. The lowest BCUT2D eigenvalue weighted by Gasteiger charge is -2.17. The molecule has 0 aromatic heterocycles. The Labute approximate surface area is 123 Å². The summed E-state index contributed by atoms with van der Waals surface area (Å²) < 4.78 is 30.3. The van der Waals surface area contributed by atoms with Crippen molar-refractivity contribution in [2.45, 2.75) is 13.0 Å². The lowest BCUT2D eigenvalue weighted by molar-refractivity contribution is 0.337. The predicted octanol–water partition coefficient (Wildman–Crippen LogP) is 3.65. The van der Waals surface area contributed by atoms with E-state index in [9.17, 15) is 4.39 Å². The van der Waals surface area contributed by atoms with Crippen LogP contribution in [0.5, 0.6) is 23.0 Å². The number of hydrogen-bond acceptors (Lipinski definition) is 4. The molecular formula is C16H18FNO3. The standard InChI is InChI=1S/C16H18FNO3/c1-10(18)11-6-4-7-12(17)15(11)21-16-13(19-2)8-5-9-14(16)20-3/h4-10H,18H2,1-3H3/t10-/m1/s1. The highest BCUT2D eigenvalue weighted by atomic mass is 19.1. The Balaban J connectivity index is 2.53. The minimum Gasteiger partial charge on any atom is -0.493 e. The van der Waals surface area contributed by atoms with E-state index in [4.69, 9.17) is 19.9 Å². The van der Waals surface area contributed by atoms with Gasteiger partial charge in [0.1, 0.15) is 0 Å². The largest absolute Gasteiger partial charge is 0.493 e. The molecule has 5 heteroatoms. The zero-order valence-electron chi connectivity index (χ0n) is 12.2. The number of rotatable bonds is 5. The topological polar surface area (TPSA) is 53.7 Å². The van der Waals surface area contributed by atoms with Crippen LogP contribution < -0.4 is 19.9 Å². The van der Waals surface area contributed by atoms with Gasteiger partial charge in [0.25, 0.3) is 0 Å². The molecular weight excluding hydrogens is 273 g/mol. The zero-order valence-corrected chi connectivity index (χ0v) is 12.2. The molecule has 0 saturated heterocycles. The summed E-state index contributed by atoms with van der Waals surface area (Å²) in [6, 6.07) is 9.47. The third-order valence-electron chi connectivity index (χ3n) is 3.07. The van der Waals surface area contributed by atoms with Crippen LogP contribution in [0.15, 0.2) is 36.4 Å². The van der Waals surface area contributed by atoms with Gasteiger partial charge < -0.3 is 19.9 Å². The van der Waals surface area contributed by atoms with E-state index in [1.54, 1.807) is 37.3 Å². The maximum absolute atomic E-state index is 14.1. The average molecular weight is 291 g/mol. The average Bonchev–Trinajstić information content (AvgIpc) is 2.49. The summed E-state index contributed by atoms with van der Waals surface area (Å²) in [4.78, 5) is 0. The quantitative estimate of drug-likeness (QED) is 0.913. The number of para-hydroxylation sites is 2. The van der Waals surface area contributed by atoms with Crippen molar-refractivity contribution in [2.75, 3.05) is 14.2 Å². The molecule has 2 rings (SSSR count). The van der Waals surface area contributed by atoms with Gasteiger partial charge in [-0.3, -0.25) is 0 Å². The van der Waals surface area contributed by atoms with Crippen molar-refractivity contribution >= 4 is 0 Å². The fourth-order valence-electron chi connectivity index (χ4n) is 2.01. The first-order chi connectivity index (χ1) is 10.1. The number of halogens is 1. The minimum atomic E-state index is -0.488. The maximum atomic E-state index is 14.1. The molecule has 0 aliphatic carbocycles. The first kappa shape index (κ1) is 15.1. The summed E-state index contributed by atoms with van der Waals surface area (Å²) in [6.07, 6.45) is 0. The maximum Gasteiger partial charge on any atom is 0.211 e. The van der Waals surface area contributed by atoms with Crippen molar-refractivity contribution in [1.82, 2.24) is 0 Å². The molecule has 0 spiro atoms. The molecule has 2 aromatic carbocycles. The third kappa shape index (κ3) is 3.08. The molecule has 1 atom stereocenters. The molecule has 0 radical (unpaired) electrons. The third-order valence-corrected chi connectivity index (χ3v) is 3.07. The van der Waals surface area contributed by atoms with Crippen LogP contribution in [0.4, 0.5) is 4.39 Å². The fraction of sp³-hybridized carbons (Fsp3) is 0.250. The summed E-state index contributed by atoms with van der Waals surface area (Å²) in [7, 11) is 3.02. The Hall–Kier alpha value is -2.27. The van der Waals surface area contributed by atoms with E-state index in [0.717, 1.165) is 0 Å². The van der Waals surface area contributed by atoms with Gasteiger partial charge in [0.2, 0.25) is 5.75 Å². The number of hydrogen-bond donors (Lipinski definition) is 1. The molecule has 0 amide bonds. The molecule has 21 heavy (non-hydrogen) atoms. The minimum absolute atomic E-state index is 0.0790. The van der Waals surface area contributed by atoms with Gasteiger partial charge in [0.05, 0.1) is 14.2 Å². The van der Waals surface area contributed by atoms with Crippen LogP contribution >= 0.6 is 0 Å². The highest BCUT2D eigenvalue weighted by Crippen LogP contribution is 2.42. The van der Waals surface area contributed by atoms with Crippen LogP contribution in [0.2, 0.25) is 0 Å². The van der Waals surface area contributed by atoms with Crippen LogP contribution in [0, 0.1) is 5.82 Å². The van der Waals surface area contributed by atoms with Crippen molar-refractivity contribution in [3.05, 3.63) is 47.8 Å². The van der Waals surface area contributed by atoms with Crippen LogP contribution in [0.3, 0.4) is 0 Å². The number of ether oxygens (including phenoxy) is 3.